The highest BCUT2D eigenvalue weighted by atomic mass is 19.1. The van der Waals surface area contributed by atoms with Gasteiger partial charge in [-0.3, -0.25) is 9.59 Å². The first-order chi connectivity index (χ1) is 14.5. The van der Waals surface area contributed by atoms with Crippen molar-refractivity contribution in [3.63, 3.8) is 0 Å². The van der Waals surface area contributed by atoms with Crippen molar-refractivity contribution in [1.29, 1.82) is 0 Å². The van der Waals surface area contributed by atoms with Gasteiger partial charge >= 0.3 is 5.97 Å². The van der Waals surface area contributed by atoms with Crippen LogP contribution in [-0.2, 0) is 9.53 Å². The number of hydrogen-bond donors (Lipinski definition) is 0. The van der Waals surface area contributed by atoms with Crippen molar-refractivity contribution in [2.75, 3.05) is 37.7 Å². The minimum atomic E-state index is -0.879. The normalized spacial score (nSPS) is 14.0. The van der Waals surface area contributed by atoms with Crippen LogP contribution in [-0.4, -0.2) is 49.6 Å². The fraction of sp³-hybridized carbons (Fsp3) is 0.227. The Hall–Kier alpha value is -3.68. The average Bonchev–Trinajstić information content (AvgIpc) is 2.77. The molecule has 0 saturated carbocycles. The molecule has 1 aliphatic heterocycles. The molecule has 30 heavy (non-hydrogen) atoms. The van der Waals surface area contributed by atoms with Crippen LogP contribution in [0.15, 0.2) is 63.8 Å². The Morgan fingerprint density at radius 1 is 1.00 bits per heavy atom. The van der Waals surface area contributed by atoms with Gasteiger partial charge in [-0.05, 0) is 24.3 Å². The van der Waals surface area contributed by atoms with E-state index in [1.165, 1.54) is 6.07 Å². The summed E-state index contributed by atoms with van der Waals surface area (Å²) < 4.78 is 24.4. The molecule has 0 spiro atoms. The number of hydrogen-bond acceptors (Lipinski definition) is 6. The second-order valence-corrected chi connectivity index (χ2v) is 6.87. The van der Waals surface area contributed by atoms with Crippen LogP contribution in [0.3, 0.4) is 0 Å². The lowest BCUT2D eigenvalue weighted by Gasteiger charge is -2.36. The van der Waals surface area contributed by atoms with E-state index in [-0.39, 0.29) is 28.5 Å². The van der Waals surface area contributed by atoms with Gasteiger partial charge in [0, 0.05) is 32.2 Å². The number of piperazine rings is 1. The molecule has 1 saturated heterocycles. The summed E-state index contributed by atoms with van der Waals surface area (Å²) in [6.45, 7) is 1.25. The van der Waals surface area contributed by atoms with E-state index in [0.29, 0.717) is 37.3 Å². The number of carbonyl (C=O) groups is 2. The molecular weight excluding hydrogens is 391 g/mol. The van der Waals surface area contributed by atoms with Gasteiger partial charge in [0.05, 0.1) is 11.1 Å². The fourth-order valence-electron chi connectivity index (χ4n) is 3.40. The number of para-hydroxylation sites is 2. The van der Waals surface area contributed by atoms with Gasteiger partial charge in [-0.1, -0.05) is 24.3 Å². The lowest BCUT2D eigenvalue weighted by Crippen LogP contribution is -2.50. The molecule has 8 heteroatoms. The van der Waals surface area contributed by atoms with E-state index in [1.54, 1.807) is 47.4 Å². The first-order valence-electron chi connectivity index (χ1n) is 9.50. The van der Waals surface area contributed by atoms with Crippen LogP contribution in [0, 0.1) is 5.82 Å². The molecule has 0 bridgehead atoms. The maximum absolute atomic E-state index is 13.9. The van der Waals surface area contributed by atoms with Crippen molar-refractivity contribution >= 4 is 28.5 Å². The van der Waals surface area contributed by atoms with Crippen molar-refractivity contribution in [1.82, 2.24) is 4.90 Å². The third kappa shape index (κ3) is 4.03. The van der Waals surface area contributed by atoms with Crippen LogP contribution < -0.4 is 10.3 Å². The van der Waals surface area contributed by atoms with Gasteiger partial charge in [-0.25, -0.2) is 9.18 Å². The molecule has 1 amide bonds. The molecule has 2 heterocycles. The van der Waals surface area contributed by atoms with Crippen molar-refractivity contribution in [3.8, 4) is 0 Å². The minimum absolute atomic E-state index is 0.254. The van der Waals surface area contributed by atoms with Gasteiger partial charge in [0.25, 0.3) is 5.91 Å². The summed E-state index contributed by atoms with van der Waals surface area (Å²) in [4.78, 5) is 40.1. The monoisotopic (exact) mass is 410 g/mol. The van der Waals surface area contributed by atoms with Gasteiger partial charge in [0.15, 0.2) is 12.0 Å². The zero-order chi connectivity index (χ0) is 21.1. The first kappa shape index (κ1) is 19.6. The molecule has 154 valence electrons. The number of benzene rings is 2. The van der Waals surface area contributed by atoms with Crippen LogP contribution >= 0.6 is 0 Å². The number of halogens is 1. The summed E-state index contributed by atoms with van der Waals surface area (Å²) in [7, 11) is 0. The number of carbonyl (C=O) groups excluding carboxylic acids is 2. The number of rotatable bonds is 4. The van der Waals surface area contributed by atoms with Crippen molar-refractivity contribution < 1.29 is 23.1 Å². The van der Waals surface area contributed by atoms with Crippen LogP contribution in [0.4, 0.5) is 10.1 Å². The van der Waals surface area contributed by atoms with E-state index in [2.05, 4.69) is 0 Å². The number of ether oxygens (including phenoxy) is 1. The van der Waals surface area contributed by atoms with Gasteiger partial charge < -0.3 is 19.0 Å². The van der Waals surface area contributed by atoms with Crippen LogP contribution in [0.5, 0.6) is 0 Å². The highest BCUT2D eigenvalue weighted by Crippen LogP contribution is 2.20. The number of fused-ring (bicyclic) bond motifs is 1. The van der Waals surface area contributed by atoms with Crippen molar-refractivity contribution in [2.24, 2.45) is 0 Å². The van der Waals surface area contributed by atoms with Crippen molar-refractivity contribution in [3.05, 3.63) is 76.4 Å². The van der Waals surface area contributed by atoms with Gasteiger partial charge in [-0.2, -0.15) is 0 Å². The molecular formula is C22H19FN2O5. The van der Waals surface area contributed by atoms with Crippen LogP contribution in [0.25, 0.3) is 11.0 Å². The maximum atomic E-state index is 13.9. The third-order valence-corrected chi connectivity index (χ3v) is 4.99. The lowest BCUT2D eigenvalue weighted by molar-refractivity contribution is -0.134. The summed E-state index contributed by atoms with van der Waals surface area (Å²) in [5.74, 6) is -1.80. The van der Waals surface area contributed by atoms with E-state index < -0.39 is 12.6 Å². The van der Waals surface area contributed by atoms with E-state index in [4.69, 9.17) is 9.15 Å². The Labute approximate surface area is 171 Å². The number of anilines is 1. The smallest absolute Gasteiger partial charge is 0.374 e. The molecule has 1 fully saturated rings. The van der Waals surface area contributed by atoms with Gasteiger partial charge in [0.1, 0.15) is 11.4 Å². The molecule has 3 aromatic rings. The van der Waals surface area contributed by atoms with E-state index >= 15 is 0 Å². The van der Waals surface area contributed by atoms with E-state index in [0.717, 1.165) is 6.07 Å². The predicted molar refractivity (Wildman–Crippen MR) is 108 cm³/mol. The van der Waals surface area contributed by atoms with Crippen LogP contribution in [0.1, 0.15) is 10.6 Å². The molecule has 0 radical (unpaired) electrons. The zero-order valence-electron chi connectivity index (χ0n) is 16.0. The SMILES string of the molecule is O=C(OCC(=O)N1CCN(c2ccccc2F)CC1)c1cc(=O)c2ccccc2o1. The fourth-order valence-corrected chi connectivity index (χ4v) is 3.40. The summed E-state index contributed by atoms with van der Waals surface area (Å²) in [5, 5.41) is 0.359. The van der Waals surface area contributed by atoms with Crippen LogP contribution in [0.2, 0.25) is 0 Å². The highest BCUT2D eigenvalue weighted by molar-refractivity contribution is 5.90. The van der Waals surface area contributed by atoms with E-state index in [1.807, 2.05) is 4.90 Å². The molecule has 2 aromatic carbocycles. The molecule has 0 atom stereocenters. The Morgan fingerprint density at radius 2 is 1.70 bits per heavy atom. The maximum Gasteiger partial charge on any atom is 0.374 e. The largest absolute Gasteiger partial charge is 0.450 e. The Kier molecular flexibility index (Phi) is 5.47. The molecule has 0 aliphatic carbocycles. The standard InChI is InChI=1S/C22H19FN2O5/c23-16-6-2-3-7-17(16)24-9-11-25(12-10-24)21(27)14-29-22(28)20-13-18(26)15-5-1-4-8-19(15)30-20/h1-8,13H,9-12,14H2. The lowest BCUT2D eigenvalue weighted by atomic mass is 10.2. The third-order valence-electron chi connectivity index (χ3n) is 4.99. The summed E-state index contributed by atoms with van der Waals surface area (Å²) in [6.07, 6.45) is 0. The summed E-state index contributed by atoms with van der Waals surface area (Å²) >= 11 is 0. The number of nitrogens with zero attached hydrogens (tertiary/aromatic N) is 2. The van der Waals surface area contributed by atoms with Gasteiger partial charge in [-0.15, -0.1) is 0 Å². The zero-order valence-corrected chi connectivity index (χ0v) is 16.0. The molecule has 7 nitrogen and oxygen atoms in total. The van der Waals surface area contributed by atoms with Crippen molar-refractivity contribution in [2.45, 2.75) is 0 Å². The topological polar surface area (TPSA) is 80.1 Å². The summed E-state index contributed by atoms with van der Waals surface area (Å²) in [5.41, 5.74) is 0.411. The molecule has 0 N–H and O–H groups in total. The Bertz CT molecular complexity index is 1150. The van der Waals surface area contributed by atoms with E-state index in [9.17, 15) is 18.8 Å². The summed E-state index contributed by atoms with van der Waals surface area (Å²) in [6, 6.07) is 14.1. The average molecular weight is 410 g/mol. The second kappa shape index (κ2) is 8.36. The molecule has 0 unspecified atom stereocenters. The van der Waals surface area contributed by atoms with Gasteiger partial charge in [0.2, 0.25) is 5.76 Å². The number of amides is 1. The highest BCUT2D eigenvalue weighted by Gasteiger charge is 2.24. The first-order valence-corrected chi connectivity index (χ1v) is 9.50. The Balaban J connectivity index is 1.33. The second-order valence-electron chi connectivity index (χ2n) is 6.87. The molecule has 1 aliphatic rings. The quantitative estimate of drug-likeness (QED) is 0.615. The Morgan fingerprint density at radius 3 is 2.47 bits per heavy atom. The number of esters is 1. The minimum Gasteiger partial charge on any atom is -0.450 e. The molecule has 1 aromatic heterocycles. The molecule has 4 rings (SSSR count). The predicted octanol–water partition coefficient (Wildman–Crippen LogP) is 2.44.